The van der Waals surface area contributed by atoms with Gasteiger partial charge in [-0.2, -0.15) is 0 Å². The molecule has 1 saturated heterocycles. The molecule has 2 aromatic rings. The average molecular weight is 459 g/mol. The van der Waals surface area contributed by atoms with Crippen LogP contribution in [-0.2, 0) is 9.53 Å². The number of ether oxygens (including phenoxy) is 1. The van der Waals surface area contributed by atoms with E-state index in [2.05, 4.69) is 5.32 Å². The second-order valence-corrected chi connectivity index (χ2v) is 7.80. The minimum Gasteiger partial charge on any atom is -0.378 e. The Morgan fingerprint density at radius 2 is 1.91 bits per heavy atom. The van der Waals surface area contributed by atoms with E-state index in [1.165, 1.54) is 19.1 Å². The van der Waals surface area contributed by atoms with Crippen molar-refractivity contribution in [1.29, 1.82) is 0 Å². The van der Waals surface area contributed by atoms with Crippen LogP contribution in [0.15, 0.2) is 36.4 Å². The largest absolute Gasteiger partial charge is 0.378 e. The molecule has 2 aliphatic rings. The van der Waals surface area contributed by atoms with Crippen LogP contribution in [0.1, 0.15) is 27.6 Å². The SMILES string of the molecule is CC(C(=O)Nc1cc(Cl)ccc1N1CCOCC1)N1C(=O)c2cccc([N+](=O)[O-])c2C1=O. The number of anilines is 2. The number of rotatable bonds is 5. The molecule has 3 amide bonds. The molecule has 0 bridgehead atoms. The average Bonchev–Trinajstić information content (AvgIpc) is 3.04. The first-order valence-electron chi connectivity index (χ1n) is 9.88. The molecule has 0 aromatic heterocycles. The molecule has 1 N–H and O–H groups in total. The molecular weight excluding hydrogens is 440 g/mol. The predicted molar refractivity (Wildman–Crippen MR) is 116 cm³/mol. The lowest BCUT2D eigenvalue weighted by molar-refractivity contribution is -0.385. The number of nitrogens with zero attached hydrogens (tertiary/aromatic N) is 3. The molecule has 1 atom stereocenters. The van der Waals surface area contributed by atoms with Gasteiger partial charge in [-0.25, -0.2) is 0 Å². The highest BCUT2D eigenvalue weighted by atomic mass is 35.5. The van der Waals surface area contributed by atoms with Crippen LogP contribution < -0.4 is 10.2 Å². The zero-order valence-corrected chi connectivity index (χ0v) is 17.8. The van der Waals surface area contributed by atoms with Gasteiger partial charge in [0, 0.05) is 24.2 Å². The van der Waals surface area contributed by atoms with Crippen LogP contribution in [0.5, 0.6) is 0 Å². The summed E-state index contributed by atoms with van der Waals surface area (Å²) in [5.74, 6) is -2.26. The van der Waals surface area contributed by atoms with Crippen LogP contribution >= 0.6 is 11.6 Å². The Labute approximate surface area is 187 Å². The van der Waals surface area contributed by atoms with Gasteiger partial charge in [0.05, 0.1) is 35.1 Å². The minimum atomic E-state index is -1.21. The summed E-state index contributed by atoms with van der Waals surface area (Å²) in [4.78, 5) is 52.1. The monoisotopic (exact) mass is 458 g/mol. The lowest BCUT2D eigenvalue weighted by atomic mass is 10.1. The van der Waals surface area contributed by atoms with Crippen molar-refractivity contribution >= 4 is 46.4 Å². The maximum absolute atomic E-state index is 13.0. The standard InChI is InChI=1S/C21H19ClN4O6/c1-12(25-20(28)14-3-2-4-17(26(30)31)18(14)21(25)29)19(27)23-15-11-13(22)5-6-16(15)24-7-9-32-10-8-24/h2-6,11-12H,7-10H2,1H3,(H,23,27). The maximum atomic E-state index is 13.0. The second-order valence-electron chi connectivity index (χ2n) is 7.36. The fourth-order valence-electron chi connectivity index (χ4n) is 3.83. The highest BCUT2D eigenvalue weighted by Gasteiger charge is 2.45. The van der Waals surface area contributed by atoms with Gasteiger partial charge in [0.1, 0.15) is 11.6 Å². The zero-order chi connectivity index (χ0) is 23.0. The molecule has 2 heterocycles. The summed E-state index contributed by atoms with van der Waals surface area (Å²) in [7, 11) is 0. The Hall–Kier alpha value is -3.50. The number of carbonyl (C=O) groups is 3. The van der Waals surface area contributed by atoms with Crippen molar-refractivity contribution in [2.45, 2.75) is 13.0 Å². The Morgan fingerprint density at radius 1 is 1.19 bits per heavy atom. The molecule has 11 heteroatoms. The first-order chi connectivity index (χ1) is 15.3. The highest BCUT2D eigenvalue weighted by Crippen LogP contribution is 2.33. The van der Waals surface area contributed by atoms with E-state index in [0.29, 0.717) is 37.0 Å². The number of hydrogen-bond donors (Lipinski definition) is 1. The van der Waals surface area contributed by atoms with E-state index in [-0.39, 0.29) is 11.1 Å². The van der Waals surface area contributed by atoms with Gasteiger partial charge in [-0.3, -0.25) is 29.4 Å². The number of morpholine rings is 1. The van der Waals surface area contributed by atoms with Crippen molar-refractivity contribution in [2.24, 2.45) is 0 Å². The fraction of sp³-hybridized carbons (Fsp3) is 0.286. The molecule has 0 radical (unpaired) electrons. The van der Waals surface area contributed by atoms with Gasteiger partial charge >= 0.3 is 0 Å². The first kappa shape index (κ1) is 21.7. The number of halogens is 1. The van der Waals surface area contributed by atoms with E-state index in [1.807, 2.05) is 4.90 Å². The third-order valence-corrected chi connectivity index (χ3v) is 5.69. The number of nitro groups is 1. The fourth-order valence-corrected chi connectivity index (χ4v) is 4.00. The normalized spacial score (nSPS) is 16.7. The molecule has 32 heavy (non-hydrogen) atoms. The Bertz CT molecular complexity index is 1130. The van der Waals surface area contributed by atoms with Crippen LogP contribution in [0, 0.1) is 10.1 Å². The summed E-state index contributed by atoms with van der Waals surface area (Å²) in [5.41, 5.74) is 0.287. The lowest BCUT2D eigenvalue weighted by Gasteiger charge is -2.31. The minimum absolute atomic E-state index is 0.0967. The van der Waals surface area contributed by atoms with Crippen LogP contribution in [-0.4, -0.2) is 59.9 Å². The molecule has 2 aromatic carbocycles. The van der Waals surface area contributed by atoms with E-state index in [1.54, 1.807) is 18.2 Å². The molecule has 0 aliphatic carbocycles. The maximum Gasteiger partial charge on any atom is 0.282 e. The molecule has 0 saturated carbocycles. The van der Waals surface area contributed by atoms with Crippen molar-refractivity contribution in [1.82, 2.24) is 4.90 Å². The van der Waals surface area contributed by atoms with Crippen molar-refractivity contribution in [3.05, 3.63) is 62.7 Å². The second kappa shape index (κ2) is 8.56. The molecule has 0 spiro atoms. The highest BCUT2D eigenvalue weighted by molar-refractivity contribution is 6.31. The van der Waals surface area contributed by atoms with E-state index in [0.717, 1.165) is 16.7 Å². The number of benzene rings is 2. The Kier molecular flexibility index (Phi) is 5.81. The molecule has 166 valence electrons. The molecule has 4 rings (SSSR count). The van der Waals surface area contributed by atoms with Gasteiger partial charge < -0.3 is 15.0 Å². The number of fused-ring (bicyclic) bond motifs is 1. The molecule has 10 nitrogen and oxygen atoms in total. The first-order valence-corrected chi connectivity index (χ1v) is 10.3. The van der Waals surface area contributed by atoms with E-state index >= 15 is 0 Å². The van der Waals surface area contributed by atoms with Crippen LogP contribution in [0.2, 0.25) is 5.02 Å². The quantitative estimate of drug-likeness (QED) is 0.415. The number of carbonyl (C=O) groups excluding carboxylic acids is 3. The number of hydrogen-bond acceptors (Lipinski definition) is 7. The lowest BCUT2D eigenvalue weighted by Crippen LogP contribution is -2.45. The van der Waals surface area contributed by atoms with E-state index in [4.69, 9.17) is 16.3 Å². The van der Waals surface area contributed by atoms with Crippen LogP contribution in [0.25, 0.3) is 0 Å². The third-order valence-electron chi connectivity index (χ3n) is 5.46. The zero-order valence-electron chi connectivity index (χ0n) is 17.0. The summed E-state index contributed by atoms with van der Waals surface area (Å²) < 4.78 is 5.37. The van der Waals surface area contributed by atoms with E-state index < -0.39 is 34.4 Å². The predicted octanol–water partition coefficient (Wildman–Crippen LogP) is 2.71. The number of nitrogens with one attached hydrogen (secondary N) is 1. The molecule has 1 unspecified atom stereocenters. The van der Waals surface area contributed by atoms with Gasteiger partial charge in [0.2, 0.25) is 5.91 Å². The number of nitro benzene ring substituents is 1. The topological polar surface area (TPSA) is 122 Å². The van der Waals surface area contributed by atoms with Gasteiger partial charge in [0.15, 0.2) is 0 Å². The van der Waals surface area contributed by atoms with Crippen molar-refractivity contribution in [3.8, 4) is 0 Å². The molecule has 1 fully saturated rings. The van der Waals surface area contributed by atoms with E-state index in [9.17, 15) is 24.5 Å². The number of imide groups is 1. The van der Waals surface area contributed by atoms with Crippen molar-refractivity contribution < 1.29 is 24.0 Å². The summed E-state index contributed by atoms with van der Waals surface area (Å²) in [5, 5.41) is 14.5. The van der Waals surface area contributed by atoms with Gasteiger partial charge in [-0.15, -0.1) is 0 Å². The van der Waals surface area contributed by atoms with Crippen LogP contribution in [0.4, 0.5) is 17.1 Å². The summed E-state index contributed by atoms with van der Waals surface area (Å²) >= 11 is 6.12. The smallest absolute Gasteiger partial charge is 0.282 e. The summed E-state index contributed by atoms with van der Waals surface area (Å²) in [6, 6.07) is 7.67. The third kappa shape index (κ3) is 3.78. The van der Waals surface area contributed by atoms with Crippen LogP contribution in [0.3, 0.4) is 0 Å². The van der Waals surface area contributed by atoms with Gasteiger partial charge in [0.25, 0.3) is 17.5 Å². The molecule has 2 aliphatic heterocycles. The van der Waals surface area contributed by atoms with Gasteiger partial charge in [-0.05, 0) is 31.2 Å². The Morgan fingerprint density at radius 3 is 2.59 bits per heavy atom. The van der Waals surface area contributed by atoms with Crippen molar-refractivity contribution in [2.75, 3.05) is 36.5 Å². The summed E-state index contributed by atoms with van der Waals surface area (Å²) in [6.45, 7) is 3.73. The Balaban J connectivity index is 1.60. The van der Waals surface area contributed by atoms with Crippen molar-refractivity contribution in [3.63, 3.8) is 0 Å². The number of amides is 3. The summed E-state index contributed by atoms with van der Waals surface area (Å²) in [6.07, 6.45) is 0. The molecular formula is C21H19ClN4O6. The van der Waals surface area contributed by atoms with Gasteiger partial charge in [-0.1, -0.05) is 17.7 Å².